The largest absolute Gasteiger partial charge is 0.330 e. The molecule has 3 heterocycles. The number of pyridine rings is 2. The molecule has 0 amide bonds. The Hall–Kier alpha value is -2.99. The lowest BCUT2D eigenvalue weighted by molar-refractivity contribution is 0.631. The Bertz CT molecular complexity index is 1170. The molecule has 4 aromatic rings. The highest BCUT2D eigenvalue weighted by atomic mass is 35.5. The van der Waals surface area contributed by atoms with Crippen molar-refractivity contribution >= 4 is 22.8 Å². The van der Waals surface area contributed by atoms with E-state index in [0.717, 1.165) is 5.56 Å². The Kier molecular flexibility index (Phi) is 4.05. The SMILES string of the molecule is Cn1c(=O)n(Cc2cccnc2)c2cc(-c3cccc(Cl)c3F)cnc21. The van der Waals surface area contributed by atoms with Gasteiger partial charge >= 0.3 is 5.69 Å². The molecule has 0 fully saturated rings. The summed E-state index contributed by atoms with van der Waals surface area (Å²) < 4.78 is 17.5. The molecule has 0 saturated heterocycles. The van der Waals surface area contributed by atoms with Gasteiger partial charge in [0.25, 0.3) is 0 Å². The van der Waals surface area contributed by atoms with Crippen molar-refractivity contribution in [1.82, 2.24) is 19.1 Å². The highest BCUT2D eigenvalue weighted by Crippen LogP contribution is 2.28. The Morgan fingerprint density at radius 1 is 1.19 bits per heavy atom. The summed E-state index contributed by atoms with van der Waals surface area (Å²) in [4.78, 5) is 21.1. The summed E-state index contributed by atoms with van der Waals surface area (Å²) in [7, 11) is 1.66. The molecule has 0 aliphatic carbocycles. The van der Waals surface area contributed by atoms with Crippen LogP contribution in [-0.2, 0) is 13.6 Å². The molecule has 0 N–H and O–H groups in total. The van der Waals surface area contributed by atoms with E-state index in [-0.39, 0.29) is 10.7 Å². The highest BCUT2D eigenvalue weighted by molar-refractivity contribution is 6.31. The van der Waals surface area contributed by atoms with E-state index in [1.807, 2.05) is 12.1 Å². The van der Waals surface area contributed by atoms with Gasteiger partial charge in [-0.15, -0.1) is 0 Å². The minimum atomic E-state index is -0.507. The molecule has 0 spiro atoms. The quantitative estimate of drug-likeness (QED) is 0.554. The Morgan fingerprint density at radius 2 is 2.04 bits per heavy atom. The van der Waals surface area contributed by atoms with Gasteiger partial charge in [0, 0.05) is 36.8 Å². The van der Waals surface area contributed by atoms with Crippen LogP contribution in [0, 0.1) is 5.82 Å². The number of aryl methyl sites for hydroxylation is 1. The summed E-state index contributed by atoms with van der Waals surface area (Å²) in [6.45, 7) is 0.354. The number of hydrogen-bond acceptors (Lipinski definition) is 3. The maximum absolute atomic E-state index is 14.4. The number of imidazole rings is 1. The summed E-state index contributed by atoms with van der Waals surface area (Å²) in [5.41, 5.74) is 2.75. The summed E-state index contributed by atoms with van der Waals surface area (Å²) in [6, 6.07) is 10.3. The number of nitrogens with zero attached hydrogens (tertiary/aromatic N) is 4. The molecule has 1 aromatic carbocycles. The molecule has 130 valence electrons. The van der Waals surface area contributed by atoms with Crippen molar-refractivity contribution < 1.29 is 4.39 Å². The van der Waals surface area contributed by atoms with Gasteiger partial charge in [0.05, 0.1) is 17.1 Å². The molecule has 0 atom stereocenters. The summed E-state index contributed by atoms with van der Waals surface area (Å²) in [6.07, 6.45) is 4.93. The third-order valence-electron chi connectivity index (χ3n) is 4.30. The smallest absolute Gasteiger partial charge is 0.286 e. The molecule has 3 aromatic heterocycles. The Morgan fingerprint density at radius 3 is 2.81 bits per heavy atom. The first-order chi connectivity index (χ1) is 12.6. The number of rotatable bonds is 3. The highest BCUT2D eigenvalue weighted by Gasteiger charge is 2.15. The standard InChI is InChI=1S/C19H14ClFN4O/c1-24-18-16(25(19(24)26)11-12-4-3-7-22-9-12)8-13(10-23-18)14-5-2-6-15(20)17(14)21/h2-10H,11H2,1H3. The van der Waals surface area contributed by atoms with Gasteiger partial charge in [-0.3, -0.25) is 14.1 Å². The van der Waals surface area contributed by atoms with Crippen LogP contribution in [0.1, 0.15) is 5.56 Å². The van der Waals surface area contributed by atoms with Crippen molar-refractivity contribution in [3.8, 4) is 11.1 Å². The molecule has 0 aliphatic heterocycles. The van der Waals surface area contributed by atoms with Crippen molar-refractivity contribution in [2.75, 3.05) is 0 Å². The van der Waals surface area contributed by atoms with Gasteiger partial charge in [-0.25, -0.2) is 14.2 Å². The Labute approximate surface area is 153 Å². The number of hydrogen-bond donors (Lipinski definition) is 0. The van der Waals surface area contributed by atoms with E-state index in [9.17, 15) is 9.18 Å². The number of fused-ring (bicyclic) bond motifs is 1. The van der Waals surface area contributed by atoms with Crippen molar-refractivity contribution in [2.45, 2.75) is 6.54 Å². The van der Waals surface area contributed by atoms with Crippen molar-refractivity contribution in [3.05, 3.63) is 81.9 Å². The van der Waals surface area contributed by atoms with E-state index in [0.29, 0.717) is 28.8 Å². The lowest BCUT2D eigenvalue weighted by Gasteiger charge is -2.07. The minimum absolute atomic E-state index is 0.0448. The second kappa shape index (κ2) is 6.38. The number of aromatic nitrogens is 4. The van der Waals surface area contributed by atoms with Crippen molar-refractivity contribution in [2.24, 2.45) is 7.05 Å². The first-order valence-electron chi connectivity index (χ1n) is 7.95. The van der Waals surface area contributed by atoms with Crippen LogP contribution >= 0.6 is 11.6 Å². The average Bonchev–Trinajstić information content (AvgIpc) is 2.89. The molecule has 0 saturated carbocycles. The molecule has 4 rings (SSSR count). The van der Waals surface area contributed by atoms with Gasteiger partial charge in [0.2, 0.25) is 0 Å². The van der Waals surface area contributed by atoms with Gasteiger partial charge in [-0.2, -0.15) is 0 Å². The predicted octanol–water partition coefficient (Wildman–Crippen LogP) is 3.64. The second-order valence-corrected chi connectivity index (χ2v) is 6.36. The van der Waals surface area contributed by atoms with Crippen LogP contribution < -0.4 is 5.69 Å². The molecule has 0 bridgehead atoms. The molecule has 7 heteroatoms. The van der Waals surface area contributed by atoms with Gasteiger partial charge in [-0.05, 0) is 23.8 Å². The van der Waals surface area contributed by atoms with E-state index in [1.54, 1.807) is 48.4 Å². The van der Waals surface area contributed by atoms with Crippen molar-refractivity contribution in [3.63, 3.8) is 0 Å². The molecular formula is C19H14ClFN4O. The van der Waals surface area contributed by atoms with Crippen LogP contribution in [0.5, 0.6) is 0 Å². The molecule has 0 aliphatic rings. The first-order valence-corrected chi connectivity index (χ1v) is 8.32. The number of halogens is 2. The fraction of sp³-hybridized carbons (Fsp3) is 0.105. The predicted molar refractivity (Wildman–Crippen MR) is 98.7 cm³/mol. The summed E-state index contributed by atoms with van der Waals surface area (Å²) in [5.74, 6) is -0.507. The zero-order chi connectivity index (χ0) is 18.3. The average molecular weight is 369 g/mol. The third kappa shape index (κ3) is 2.68. The van der Waals surface area contributed by atoms with E-state index in [1.165, 1.54) is 10.6 Å². The van der Waals surface area contributed by atoms with Crippen LogP contribution in [0.3, 0.4) is 0 Å². The van der Waals surface area contributed by atoms with Crippen LogP contribution in [0.15, 0.2) is 59.8 Å². The van der Waals surface area contributed by atoms with Gasteiger partial charge in [-0.1, -0.05) is 29.8 Å². The fourth-order valence-corrected chi connectivity index (χ4v) is 3.15. The normalized spacial score (nSPS) is 11.2. The van der Waals surface area contributed by atoms with Gasteiger partial charge in [0.1, 0.15) is 5.82 Å². The molecule has 26 heavy (non-hydrogen) atoms. The summed E-state index contributed by atoms with van der Waals surface area (Å²) >= 11 is 5.89. The van der Waals surface area contributed by atoms with E-state index in [4.69, 9.17) is 11.6 Å². The molecule has 5 nitrogen and oxygen atoms in total. The lowest BCUT2D eigenvalue weighted by atomic mass is 10.1. The zero-order valence-electron chi connectivity index (χ0n) is 13.9. The topological polar surface area (TPSA) is 52.7 Å². The number of benzene rings is 1. The molecular weight excluding hydrogens is 355 g/mol. The second-order valence-electron chi connectivity index (χ2n) is 5.96. The van der Waals surface area contributed by atoms with Crippen LogP contribution in [0.2, 0.25) is 5.02 Å². The minimum Gasteiger partial charge on any atom is -0.286 e. The summed E-state index contributed by atoms with van der Waals surface area (Å²) in [5, 5.41) is 0.0448. The van der Waals surface area contributed by atoms with Crippen LogP contribution in [0.4, 0.5) is 4.39 Å². The monoisotopic (exact) mass is 368 g/mol. The fourth-order valence-electron chi connectivity index (χ4n) is 2.98. The molecule has 0 unspecified atom stereocenters. The van der Waals surface area contributed by atoms with E-state index >= 15 is 0 Å². The first kappa shape index (κ1) is 16.5. The Balaban J connectivity index is 1.91. The third-order valence-corrected chi connectivity index (χ3v) is 4.59. The van der Waals surface area contributed by atoms with Gasteiger partial charge < -0.3 is 0 Å². The van der Waals surface area contributed by atoms with Crippen molar-refractivity contribution in [1.29, 1.82) is 0 Å². The maximum Gasteiger partial charge on any atom is 0.330 e. The van der Waals surface area contributed by atoms with Crippen LogP contribution in [-0.4, -0.2) is 19.1 Å². The van der Waals surface area contributed by atoms with E-state index in [2.05, 4.69) is 9.97 Å². The van der Waals surface area contributed by atoms with Crippen LogP contribution in [0.25, 0.3) is 22.3 Å². The zero-order valence-corrected chi connectivity index (χ0v) is 14.6. The molecule has 0 radical (unpaired) electrons. The maximum atomic E-state index is 14.4. The lowest BCUT2D eigenvalue weighted by Crippen LogP contribution is -2.22. The van der Waals surface area contributed by atoms with E-state index < -0.39 is 5.82 Å². The van der Waals surface area contributed by atoms with Gasteiger partial charge in [0.15, 0.2) is 5.65 Å².